The number of methoxy groups -OCH3 is 1. The van der Waals surface area contributed by atoms with Crippen LogP contribution in [0, 0.1) is 6.92 Å². The Labute approximate surface area is 104 Å². The lowest BCUT2D eigenvalue weighted by Crippen LogP contribution is -2.05. The van der Waals surface area contributed by atoms with Crippen molar-refractivity contribution in [1.29, 1.82) is 0 Å². The van der Waals surface area contributed by atoms with Gasteiger partial charge in [-0.15, -0.1) is 0 Å². The average molecular weight is 240 g/mol. The lowest BCUT2D eigenvalue weighted by Gasteiger charge is -2.05. The van der Waals surface area contributed by atoms with Gasteiger partial charge in [-0.05, 0) is 23.8 Å². The quantitative estimate of drug-likeness (QED) is 0.613. The van der Waals surface area contributed by atoms with Crippen molar-refractivity contribution in [3.05, 3.63) is 52.4 Å². The van der Waals surface area contributed by atoms with Crippen LogP contribution in [0.25, 0.3) is 21.7 Å². The van der Waals surface area contributed by atoms with Crippen LogP contribution in [-0.2, 0) is 0 Å². The van der Waals surface area contributed by atoms with Crippen molar-refractivity contribution < 1.29 is 9.15 Å². The molecular weight excluding hydrogens is 228 g/mol. The van der Waals surface area contributed by atoms with E-state index in [4.69, 9.17) is 9.15 Å². The fourth-order valence-corrected chi connectivity index (χ4v) is 2.18. The van der Waals surface area contributed by atoms with Crippen molar-refractivity contribution in [2.75, 3.05) is 7.11 Å². The maximum atomic E-state index is 12.3. The summed E-state index contributed by atoms with van der Waals surface area (Å²) in [6, 6.07) is 9.79. The molecule has 0 amide bonds. The largest absolute Gasteiger partial charge is 0.490 e. The van der Waals surface area contributed by atoms with E-state index in [9.17, 15) is 4.79 Å². The molecule has 0 aliphatic carbocycles. The maximum absolute atomic E-state index is 12.3. The molecule has 0 unspecified atom stereocenters. The van der Waals surface area contributed by atoms with Crippen LogP contribution in [-0.4, -0.2) is 7.11 Å². The molecule has 0 spiro atoms. The molecule has 18 heavy (non-hydrogen) atoms. The Hall–Kier alpha value is -2.29. The van der Waals surface area contributed by atoms with Gasteiger partial charge in [-0.1, -0.05) is 29.8 Å². The van der Waals surface area contributed by atoms with E-state index in [-0.39, 0.29) is 11.2 Å². The highest BCUT2D eigenvalue weighted by Crippen LogP contribution is 2.25. The molecule has 2 aromatic carbocycles. The second-order valence-corrected chi connectivity index (χ2v) is 4.30. The first-order valence-electron chi connectivity index (χ1n) is 5.69. The lowest BCUT2D eigenvalue weighted by atomic mass is 10.0. The molecule has 0 fully saturated rings. The SMILES string of the molecule is COc1coc2ccc3ccc(C)cc3c2c1=O. The third-order valence-electron chi connectivity index (χ3n) is 3.10. The smallest absolute Gasteiger partial charge is 0.235 e. The number of benzene rings is 2. The zero-order chi connectivity index (χ0) is 12.7. The van der Waals surface area contributed by atoms with Crippen molar-refractivity contribution in [3.8, 4) is 5.75 Å². The summed E-state index contributed by atoms with van der Waals surface area (Å²) in [6.07, 6.45) is 1.35. The number of hydrogen-bond acceptors (Lipinski definition) is 3. The highest BCUT2D eigenvalue weighted by atomic mass is 16.5. The summed E-state index contributed by atoms with van der Waals surface area (Å²) in [7, 11) is 1.47. The minimum atomic E-state index is -0.130. The number of ether oxygens (including phenoxy) is 1. The standard InChI is InChI=1S/C15H12O3/c1-9-3-4-10-5-6-12-14(11(10)7-9)15(16)13(17-2)8-18-12/h3-8H,1-2H3. The molecule has 3 nitrogen and oxygen atoms in total. The van der Waals surface area contributed by atoms with Crippen LogP contribution >= 0.6 is 0 Å². The summed E-state index contributed by atoms with van der Waals surface area (Å²) < 4.78 is 10.5. The van der Waals surface area contributed by atoms with E-state index in [1.807, 2.05) is 37.3 Å². The third-order valence-corrected chi connectivity index (χ3v) is 3.10. The third kappa shape index (κ3) is 1.48. The van der Waals surface area contributed by atoms with Crippen LogP contribution in [0.3, 0.4) is 0 Å². The molecule has 90 valence electrons. The number of fused-ring (bicyclic) bond motifs is 3. The van der Waals surface area contributed by atoms with Gasteiger partial charge in [0.15, 0.2) is 0 Å². The van der Waals surface area contributed by atoms with E-state index in [0.717, 1.165) is 16.3 Å². The van der Waals surface area contributed by atoms with E-state index < -0.39 is 0 Å². The Morgan fingerprint density at radius 3 is 2.72 bits per heavy atom. The molecular formula is C15H12O3. The lowest BCUT2D eigenvalue weighted by molar-refractivity contribution is 0.394. The second-order valence-electron chi connectivity index (χ2n) is 4.30. The van der Waals surface area contributed by atoms with Gasteiger partial charge < -0.3 is 9.15 Å². The number of hydrogen-bond donors (Lipinski definition) is 0. The fraction of sp³-hybridized carbons (Fsp3) is 0.133. The van der Waals surface area contributed by atoms with Crippen molar-refractivity contribution >= 4 is 21.7 Å². The summed E-state index contributed by atoms with van der Waals surface area (Å²) >= 11 is 0. The van der Waals surface area contributed by atoms with Crippen molar-refractivity contribution in [3.63, 3.8) is 0 Å². The Morgan fingerprint density at radius 2 is 1.94 bits per heavy atom. The maximum Gasteiger partial charge on any atom is 0.235 e. The highest BCUT2D eigenvalue weighted by Gasteiger charge is 2.10. The molecule has 3 rings (SSSR count). The van der Waals surface area contributed by atoms with Gasteiger partial charge in [-0.25, -0.2) is 0 Å². The molecule has 0 radical (unpaired) electrons. The van der Waals surface area contributed by atoms with Gasteiger partial charge in [0.1, 0.15) is 11.8 Å². The molecule has 1 heterocycles. The predicted octanol–water partition coefficient (Wildman–Crippen LogP) is 3.26. The minimum Gasteiger partial charge on any atom is -0.490 e. The summed E-state index contributed by atoms with van der Waals surface area (Å²) in [5, 5.41) is 2.50. The topological polar surface area (TPSA) is 39.4 Å². The van der Waals surface area contributed by atoms with Crippen LogP contribution in [0.4, 0.5) is 0 Å². The van der Waals surface area contributed by atoms with Crippen molar-refractivity contribution in [2.24, 2.45) is 0 Å². The van der Waals surface area contributed by atoms with Crippen molar-refractivity contribution in [1.82, 2.24) is 0 Å². The van der Waals surface area contributed by atoms with Crippen LogP contribution < -0.4 is 10.2 Å². The van der Waals surface area contributed by atoms with E-state index in [1.165, 1.54) is 13.4 Å². The van der Waals surface area contributed by atoms with Crippen LogP contribution in [0.15, 0.2) is 45.8 Å². The van der Waals surface area contributed by atoms with Gasteiger partial charge in [0.05, 0.1) is 12.5 Å². The molecule has 0 aliphatic rings. The van der Waals surface area contributed by atoms with Gasteiger partial charge >= 0.3 is 0 Å². The van der Waals surface area contributed by atoms with Gasteiger partial charge in [0.25, 0.3) is 0 Å². The normalized spacial score (nSPS) is 11.0. The van der Waals surface area contributed by atoms with Gasteiger partial charge in [-0.2, -0.15) is 0 Å². The Morgan fingerprint density at radius 1 is 1.17 bits per heavy atom. The fourth-order valence-electron chi connectivity index (χ4n) is 2.18. The average Bonchev–Trinajstić information content (AvgIpc) is 2.38. The molecule has 3 heteroatoms. The predicted molar refractivity (Wildman–Crippen MR) is 71.3 cm³/mol. The first-order valence-corrected chi connectivity index (χ1v) is 5.69. The van der Waals surface area contributed by atoms with Crippen LogP contribution in [0.5, 0.6) is 5.75 Å². The number of aryl methyl sites for hydroxylation is 1. The molecule has 0 saturated carbocycles. The minimum absolute atomic E-state index is 0.130. The van der Waals surface area contributed by atoms with Crippen LogP contribution in [0.1, 0.15) is 5.56 Å². The Bertz CT molecular complexity index is 800. The van der Waals surface area contributed by atoms with E-state index in [0.29, 0.717) is 11.0 Å². The first-order chi connectivity index (χ1) is 8.70. The van der Waals surface area contributed by atoms with E-state index >= 15 is 0 Å². The highest BCUT2D eigenvalue weighted by molar-refractivity contribution is 6.05. The molecule has 0 saturated heterocycles. The molecule has 0 aliphatic heterocycles. The summed E-state index contributed by atoms with van der Waals surface area (Å²) in [4.78, 5) is 12.3. The first kappa shape index (κ1) is 10.8. The molecule has 0 bridgehead atoms. The Balaban J connectivity index is 2.59. The molecule has 0 atom stereocenters. The number of rotatable bonds is 1. The Kier molecular flexibility index (Phi) is 2.33. The summed E-state index contributed by atoms with van der Waals surface area (Å²) in [5.74, 6) is 0.233. The van der Waals surface area contributed by atoms with Crippen molar-refractivity contribution in [2.45, 2.75) is 6.92 Å². The van der Waals surface area contributed by atoms with Gasteiger partial charge in [0.2, 0.25) is 11.2 Å². The van der Waals surface area contributed by atoms with Gasteiger partial charge in [-0.3, -0.25) is 4.79 Å². The molecule has 0 N–H and O–H groups in total. The zero-order valence-electron chi connectivity index (χ0n) is 10.2. The van der Waals surface area contributed by atoms with E-state index in [1.54, 1.807) is 0 Å². The van der Waals surface area contributed by atoms with Gasteiger partial charge in [0, 0.05) is 0 Å². The molecule has 1 aromatic heterocycles. The van der Waals surface area contributed by atoms with Crippen LogP contribution in [0.2, 0.25) is 0 Å². The summed E-state index contributed by atoms with van der Waals surface area (Å²) in [6.45, 7) is 2.00. The monoisotopic (exact) mass is 240 g/mol. The summed E-state index contributed by atoms with van der Waals surface area (Å²) in [5.41, 5.74) is 1.56. The molecule has 3 aromatic rings. The zero-order valence-corrected chi connectivity index (χ0v) is 10.2. The van der Waals surface area contributed by atoms with E-state index in [2.05, 4.69) is 0 Å². The second kappa shape index (κ2) is 3.88.